The largest absolute Gasteiger partial charge is 0.548 e. The molecule has 3 aromatic rings. The van der Waals surface area contributed by atoms with Crippen LogP contribution in [0.15, 0.2) is 54.7 Å². The SMILES string of the molecule is O=C(COc1ccc(Cl)cc1)NC(Cc1c[nH]c2ccccc12)C(=O)[O-]. The molecule has 0 spiro atoms. The van der Waals surface area contributed by atoms with E-state index in [0.29, 0.717) is 10.8 Å². The van der Waals surface area contributed by atoms with Crippen molar-refractivity contribution in [2.75, 3.05) is 6.61 Å². The van der Waals surface area contributed by atoms with Crippen molar-refractivity contribution in [1.29, 1.82) is 0 Å². The van der Waals surface area contributed by atoms with Crippen LogP contribution in [0, 0.1) is 0 Å². The third-order valence-electron chi connectivity index (χ3n) is 3.90. The van der Waals surface area contributed by atoms with Crippen molar-refractivity contribution < 1.29 is 19.4 Å². The lowest BCUT2D eigenvalue weighted by Gasteiger charge is -2.19. The number of rotatable bonds is 7. The van der Waals surface area contributed by atoms with Crippen LogP contribution in [-0.2, 0) is 16.0 Å². The zero-order chi connectivity index (χ0) is 18.5. The Labute approximate surface area is 154 Å². The Bertz CT molecular complexity index is 921. The fraction of sp³-hybridized carbons (Fsp3) is 0.158. The van der Waals surface area contributed by atoms with Gasteiger partial charge in [-0.15, -0.1) is 0 Å². The maximum Gasteiger partial charge on any atom is 0.258 e. The number of benzene rings is 2. The average Bonchev–Trinajstić information content (AvgIpc) is 3.04. The van der Waals surface area contributed by atoms with Gasteiger partial charge in [-0.1, -0.05) is 29.8 Å². The standard InChI is InChI=1S/C19H17ClN2O4/c20-13-5-7-14(8-6-13)26-11-18(23)22-17(19(24)25)9-12-10-21-16-4-2-1-3-15(12)16/h1-8,10,17,21H,9,11H2,(H,22,23)(H,24,25)/p-1. The van der Waals surface area contributed by atoms with Crippen molar-refractivity contribution in [2.45, 2.75) is 12.5 Å². The number of halogens is 1. The Balaban J connectivity index is 1.62. The molecule has 2 aromatic carbocycles. The highest BCUT2D eigenvalue weighted by molar-refractivity contribution is 6.30. The second-order valence-electron chi connectivity index (χ2n) is 5.75. The van der Waals surface area contributed by atoms with E-state index in [9.17, 15) is 14.7 Å². The van der Waals surface area contributed by atoms with E-state index in [-0.39, 0.29) is 13.0 Å². The summed E-state index contributed by atoms with van der Waals surface area (Å²) in [5, 5.41) is 15.3. The fourth-order valence-corrected chi connectivity index (χ4v) is 2.76. The maximum absolute atomic E-state index is 12.0. The molecule has 0 saturated carbocycles. The zero-order valence-electron chi connectivity index (χ0n) is 13.7. The molecule has 7 heteroatoms. The van der Waals surface area contributed by atoms with Crippen molar-refractivity contribution >= 4 is 34.4 Å². The number of carbonyl (C=O) groups is 2. The summed E-state index contributed by atoms with van der Waals surface area (Å²) >= 11 is 5.78. The number of hydrogen-bond donors (Lipinski definition) is 2. The Kier molecular flexibility index (Phi) is 5.43. The lowest BCUT2D eigenvalue weighted by Crippen LogP contribution is -2.50. The van der Waals surface area contributed by atoms with E-state index in [4.69, 9.17) is 16.3 Å². The number of carboxylic acids is 1. The number of aromatic nitrogens is 1. The molecule has 134 valence electrons. The zero-order valence-corrected chi connectivity index (χ0v) is 14.5. The summed E-state index contributed by atoms with van der Waals surface area (Å²) in [6.07, 6.45) is 1.84. The molecule has 0 radical (unpaired) electrons. The van der Waals surface area contributed by atoms with E-state index in [2.05, 4.69) is 10.3 Å². The predicted molar refractivity (Wildman–Crippen MR) is 95.9 cm³/mol. The molecule has 1 aromatic heterocycles. The van der Waals surface area contributed by atoms with Gasteiger partial charge in [0.05, 0.1) is 12.0 Å². The molecule has 0 bridgehead atoms. The quantitative estimate of drug-likeness (QED) is 0.660. The summed E-state index contributed by atoms with van der Waals surface area (Å²) in [6, 6.07) is 12.9. The predicted octanol–water partition coefficient (Wildman–Crippen LogP) is 1.68. The van der Waals surface area contributed by atoms with Gasteiger partial charge in [-0.3, -0.25) is 4.79 Å². The van der Waals surface area contributed by atoms with Gasteiger partial charge in [-0.05, 0) is 35.9 Å². The minimum atomic E-state index is -1.35. The first-order valence-electron chi connectivity index (χ1n) is 7.96. The second-order valence-corrected chi connectivity index (χ2v) is 6.18. The van der Waals surface area contributed by atoms with Gasteiger partial charge in [0.1, 0.15) is 5.75 Å². The molecule has 1 amide bonds. The highest BCUT2D eigenvalue weighted by Crippen LogP contribution is 2.19. The number of carbonyl (C=O) groups excluding carboxylic acids is 2. The van der Waals surface area contributed by atoms with E-state index in [1.807, 2.05) is 24.3 Å². The molecule has 2 N–H and O–H groups in total. The van der Waals surface area contributed by atoms with Crippen LogP contribution >= 0.6 is 11.6 Å². The molecule has 6 nitrogen and oxygen atoms in total. The van der Waals surface area contributed by atoms with Gasteiger partial charge < -0.3 is 24.9 Å². The number of carboxylic acid groups (broad SMARTS) is 1. The summed E-state index contributed by atoms with van der Waals surface area (Å²) in [6.45, 7) is -0.306. The molecule has 0 aliphatic carbocycles. The van der Waals surface area contributed by atoms with Gasteiger partial charge in [0.15, 0.2) is 6.61 Å². The molecule has 0 aliphatic heterocycles. The van der Waals surface area contributed by atoms with Crippen LogP contribution < -0.4 is 15.2 Å². The molecular formula is C19H16ClN2O4-. The smallest absolute Gasteiger partial charge is 0.258 e. The molecular weight excluding hydrogens is 356 g/mol. The summed E-state index contributed by atoms with van der Waals surface area (Å²) < 4.78 is 5.32. The highest BCUT2D eigenvalue weighted by Gasteiger charge is 2.16. The Hall–Kier alpha value is -2.99. The van der Waals surface area contributed by atoms with Crippen LogP contribution in [-0.4, -0.2) is 29.5 Å². The maximum atomic E-state index is 12.0. The Morgan fingerprint density at radius 3 is 2.62 bits per heavy atom. The van der Waals surface area contributed by atoms with Crippen LogP contribution in [0.25, 0.3) is 10.9 Å². The lowest BCUT2D eigenvalue weighted by atomic mass is 10.1. The number of aliphatic carboxylic acids is 1. The molecule has 1 atom stereocenters. The van der Waals surface area contributed by atoms with Crippen LogP contribution in [0.2, 0.25) is 5.02 Å². The number of hydrogen-bond acceptors (Lipinski definition) is 4. The molecule has 0 saturated heterocycles. The van der Waals surface area contributed by atoms with Gasteiger partial charge in [-0.25, -0.2) is 0 Å². The van der Waals surface area contributed by atoms with Crippen LogP contribution in [0.3, 0.4) is 0 Å². The van der Waals surface area contributed by atoms with Crippen molar-refractivity contribution in [3.8, 4) is 5.75 Å². The molecule has 0 aliphatic rings. The van der Waals surface area contributed by atoms with Gasteiger partial charge >= 0.3 is 0 Å². The first-order valence-corrected chi connectivity index (χ1v) is 8.34. The third kappa shape index (κ3) is 4.34. The van der Waals surface area contributed by atoms with Crippen LogP contribution in [0.5, 0.6) is 5.75 Å². The summed E-state index contributed by atoms with van der Waals surface area (Å²) in [7, 11) is 0. The van der Waals surface area contributed by atoms with Gasteiger partial charge in [0, 0.05) is 28.5 Å². The molecule has 1 heterocycles. The Morgan fingerprint density at radius 1 is 1.15 bits per heavy atom. The number of ether oxygens (including phenoxy) is 1. The summed E-state index contributed by atoms with van der Waals surface area (Å²) in [5.41, 5.74) is 1.69. The number of para-hydroxylation sites is 1. The number of H-pyrrole nitrogens is 1. The lowest BCUT2D eigenvalue weighted by molar-refractivity contribution is -0.308. The highest BCUT2D eigenvalue weighted by atomic mass is 35.5. The minimum absolute atomic E-state index is 0.110. The summed E-state index contributed by atoms with van der Waals surface area (Å²) in [5.74, 6) is -1.43. The van der Waals surface area contributed by atoms with Crippen molar-refractivity contribution in [2.24, 2.45) is 0 Å². The van der Waals surface area contributed by atoms with E-state index >= 15 is 0 Å². The molecule has 26 heavy (non-hydrogen) atoms. The molecule has 3 rings (SSSR count). The van der Waals surface area contributed by atoms with E-state index < -0.39 is 17.9 Å². The van der Waals surface area contributed by atoms with Crippen LogP contribution in [0.4, 0.5) is 0 Å². The number of aromatic amines is 1. The van der Waals surface area contributed by atoms with E-state index in [1.165, 1.54) is 0 Å². The number of fused-ring (bicyclic) bond motifs is 1. The van der Waals surface area contributed by atoms with Crippen molar-refractivity contribution in [3.63, 3.8) is 0 Å². The third-order valence-corrected chi connectivity index (χ3v) is 4.15. The van der Waals surface area contributed by atoms with Gasteiger partial charge in [0.2, 0.25) is 0 Å². The first-order chi connectivity index (χ1) is 12.5. The van der Waals surface area contributed by atoms with E-state index in [1.54, 1.807) is 30.5 Å². The van der Waals surface area contributed by atoms with Crippen LogP contribution in [0.1, 0.15) is 5.56 Å². The second kappa shape index (κ2) is 7.93. The monoisotopic (exact) mass is 371 g/mol. The molecule has 0 fully saturated rings. The molecule has 1 unspecified atom stereocenters. The first kappa shape index (κ1) is 17.8. The van der Waals surface area contributed by atoms with Gasteiger partial charge in [-0.2, -0.15) is 0 Å². The minimum Gasteiger partial charge on any atom is -0.548 e. The van der Waals surface area contributed by atoms with E-state index in [0.717, 1.165) is 16.5 Å². The summed E-state index contributed by atoms with van der Waals surface area (Å²) in [4.78, 5) is 26.5. The van der Waals surface area contributed by atoms with Gasteiger partial charge in [0.25, 0.3) is 5.91 Å². The number of nitrogens with one attached hydrogen (secondary N) is 2. The topological polar surface area (TPSA) is 94.2 Å². The Morgan fingerprint density at radius 2 is 1.88 bits per heavy atom. The normalized spacial score (nSPS) is 11.9. The van der Waals surface area contributed by atoms with Crippen molar-refractivity contribution in [3.05, 3.63) is 65.3 Å². The average molecular weight is 372 g/mol. The number of amides is 1. The fourth-order valence-electron chi connectivity index (χ4n) is 2.63. The van der Waals surface area contributed by atoms with Crippen molar-refractivity contribution in [1.82, 2.24) is 10.3 Å².